The van der Waals surface area contributed by atoms with E-state index in [1.165, 1.54) is 11.3 Å². The van der Waals surface area contributed by atoms with Gasteiger partial charge in [-0.05, 0) is 19.9 Å². The molecule has 6 heteroatoms. The minimum absolute atomic E-state index is 0.121. The maximum Gasteiger partial charge on any atom is 0.339 e. The van der Waals surface area contributed by atoms with Crippen molar-refractivity contribution in [3.05, 3.63) is 27.5 Å². The third-order valence-electron chi connectivity index (χ3n) is 2.33. The Kier molecular flexibility index (Phi) is 3.22. The number of carboxylic acid groups (broad SMARTS) is 1. The molecule has 0 aliphatic rings. The van der Waals surface area contributed by atoms with Crippen molar-refractivity contribution in [1.29, 1.82) is 0 Å². The standard InChI is InChI=1S/C11H11ClN2O2S/c1-6(2)14-4-8(11(15)16)10(13-14)7-3-9(12)17-5-7/h3-6H,1-2H3,(H,15,16). The Bertz CT molecular complexity index is 560. The highest BCUT2D eigenvalue weighted by atomic mass is 35.5. The van der Waals surface area contributed by atoms with Crippen LogP contribution >= 0.6 is 22.9 Å². The average molecular weight is 271 g/mol. The predicted octanol–water partition coefficient (Wildman–Crippen LogP) is 3.54. The molecule has 0 aliphatic carbocycles. The molecule has 0 unspecified atom stereocenters. The summed E-state index contributed by atoms with van der Waals surface area (Å²) in [5, 5.41) is 15.3. The average Bonchev–Trinajstić information content (AvgIpc) is 2.82. The normalized spacial score (nSPS) is 11.1. The molecule has 0 fully saturated rings. The number of nitrogens with zero attached hydrogens (tertiary/aromatic N) is 2. The maximum absolute atomic E-state index is 11.2. The summed E-state index contributed by atoms with van der Waals surface area (Å²) in [5.74, 6) is -0.978. The number of hydrogen-bond donors (Lipinski definition) is 1. The van der Waals surface area contributed by atoms with Gasteiger partial charge in [0.15, 0.2) is 0 Å². The predicted molar refractivity (Wildman–Crippen MR) is 67.9 cm³/mol. The van der Waals surface area contributed by atoms with E-state index in [0.29, 0.717) is 10.0 Å². The van der Waals surface area contributed by atoms with Gasteiger partial charge in [0, 0.05) is 23.2 Å². The van der Waals surface area contributed by atoms with Gasteiger partial charge in [-0.15, -0.1) is 11.3 Å². The Morgan fingerprint density at radius 2 is 2.29 bits per heavy atom. The molecule has 2 heterocycles. The van der Waals surface area contributed by atoms with Crippen LogP contribution in [0.1, 0.15) is 30.2 Å². The van der Waals surface area contributed by atoms with Gasteiger partial charge in [-0.3, -0.25) is 4.68 Å². The third kappa shape index (κ3) is 2.35. The van der Waals surface area contributed by atoms with Crippen LogP contribution in [0.3, 0.4) is 0 Å². The molecule has 1 N–H and O–H groups in total. The molecule has 2 rings (SSSR count). The van der Waals surface area contributed by atoms with E-state index in [1.807, 2.05) is 19.2 Å². The van der Waals surface area contributed by atoms with E-state index in [4.69, 9.17) is 16.7 Å². The third-order valence-corrected chi connectivity index (χ3v) is 3.42. The molecule has 0 aliphatic heterocycles. The van der Waals surface area contributed by atoms with Crippen LogP contribution in [0, 0.1) is 0 Å². The molecule has 90 valence electrons. The number of aromatic carboxylic acids is 1. The highest BCUT2D eigenvalue weighted by Gasteiger charge is 2.18. The lowest BCUT2D eigenvalue weighted by Gasteiger charge is -2.02. The SMILES string of the molecule is CC(C)n1cc(C(=O)O)c(-c2csc(Cl)c2)n1. The Labute approximate surface area is 107 Å². The molecule has 0 spiro atoms. The highest BCUT2D eigenvalue weighted by Crippen LogP contribution is 2.30. The summed E-state index contributed by atoms with van der Waals surface area (Å²) in [6, 6.07) is 1.85. The number of thiophene rings is 1. The zero-order valence-electron chi connectivity index (χ0n) is 9.35. The van der Waals surface area contributed by atoms with E-state index in [1.54, 1.807) is 16.9 Å². The van der Waals surface area contributed by atoms with E-state index in [0.717, 1.165) is 5.56 Å². The smallest absolute Gasteiger partial charge is 0.339 e. The monoisotopic (exact) mass is 270 g/mol. The van der Waals surface area contributed by atoms with E-state index < -0.39 is 5.97 Å². The largest absolute Gasteiger partial charge is 0.478 e. The van der Waals surface area contributed by atoms with Gasteiger partial charge in [0.05, 0.1) is 4.34 Å². The van der Waals surface area contributed by atoms with Crippen molar-refractivity contribution in [2.45, 2.75) is 19.9 Å². The molecule has 0 bridgehead atoms. The van der Waals surface area contributed by atoms with Crippen LogP contribution in [0.15, 0.2) is 17.6 Å². The van der Waals surface area contributed by atoms with Crippen molar-refractivity contribution < 1.29 is 9.90 Å². The molecular weight excluding hydrogens is 260 g/mol. The van der Waals surface area contributed by atoms with Crippen molar-refractivity contribution in [2.24, 2.45) is 0 Å². The summed E-state index contributed by atoms with van der Waals surface area (Å²) >= 11 is 7.21. The van der Waals surface area contributed by atoms with E-state index >= 15 is 0 Å². The van der Waals surface area contributed by atoms with Gasteiger partial charge in [-0.1, -0.05) is 11.6 Å². The lowest BCUT2D eigenvalue weighted by atomic mass is 10.1. The molecule has 2 aromatic rings. The zero-order valence-corrected chi connectivity index (χ0v) is 10.9. The first-order valence-electron chi connectivity index (χ1n) is 5.06. The minimum atomic E-state index is -0.978. The molecule has 0 saturated carbocycles. The summed E-state index contributed by atoms with van der Waals surface area (Å²) in [6.07, 6.45) is 1.55. The second-order valence-electron chi connectivity index (χ2n) is 3.91. The van der Waals surface area contributed by atoms with Crippen molar-refractivity contribution >= 4 is 28.9 Å². The van der Waals surface area contributed by atoms with E-state index in [2.05, 4.69) is 5.10 Å². The van der Waals surface area contributed by atoms with Gasteiger partial charge >= 0.3 is 5.97 Å². The van der Waals surface area contributed by atoms with Gasteiger partial charge in [-0.25, -0.2) is 4.79 Å². The highest BCUT2D eigenvalue weighted by molar-refractivity contribution is 7.14. The number of halogens is 1. The maximum atomic E-state index is 11.2. The van der Waals surface area contributed by atoms with Crippen LogP contribution < -0.4 is 0 Å². The van der Waals surface area contributed by atoms with Crippen LogP contribution in [-0.4, -0.2) is 20.9 Å². The Morgan fingerprint density at radius 3 is 2.76 bits per heavy atom. The first kappa shape index (κ1) is 12.1. The Hall–Kier alpha value is -1.33. The van der Waals surface area contributed by atoms with Gasteiger partial charge in [0.2, 0.25) is 0 Å². The fourth-order valence-corrected chi connectivity index (χ4v) is 2.33. The number of carboxylic acids is 1. The summed E-state index contributed by atoms with van der Waals surface area (Å²) in [7, 11) is 0. The van der Waals surface area contributed by atoms with Crippen LogP contribution in [-0.2, 0) is 0 Å². The molecule has 0 saturated heterocycles. The summed E-state index contributed by atoms with van der Waals surface area (Å²) < 4.78 is 2.26. The Morgan fingerprint density at radius 1 is 1.59 bits per heavy atom. The number of hydrogen-bond acceptors (Lipinski definition) is 3. The molecule has 0 amide bonds. The van der Waals surface area contributed by atoms with Crippen molar-refractivity contribution in [3.8, 4) is 11.3 Å². The summed E-state index contributed by atoms with van der Waals surface area (Å²) in [4.78, 5) is 11.2. The van der Waals surface area contributed by atoms with Crippen molar-refractivity contribution in [3.63, 3.8) is 0 Å². The first-order valence-corrected chi connectivity index (χ1v) is 6.31. The van der Waals surface area contributed by atoms with Crippen LogP contribution in [0.2, 0.25) is 4.34 Å². The molecule has 0 atom stereocenters. The molecule has 2 aromatic heterocycles. The fraction of sp³-hybridized carbons (Fsp3) is 0.273. The minimum Gasteiger partial charge on any atom is -0.478 e. The molecular formula is C11H11ClN2O2S. The summed E-state index contributed by atoms with van der Waals surface area (Å²) in [5.41, 5.74) is 1.42. The Balaban J connectivity index is 2.55. The molecule has 17 heavy (non-hydrogen) atoms. The van der Waals surface area contributed by atoms with Gasteiger partial charge in [0.1, 0.15) is 11.3 Å². The van der Waals surface area contributed by atoms with E-state index in [9.17, 15) is 4.79 Å². The van der Waals surface area contributed by atoms with Crippen molar-refractivity contribution in [2.75, 3.05) is 0 Å². The van der Waals surface area contributed by atoms with Gasteiger partial charge in [0.25, 0.3) is 0 Å². The van der Waals surface area contributed by atoms with Gasteiger partial charge < -0.3 is 5.11 Å². The molecule has 0 radical (unpaired) electrons. The number of rotatable bonds is 3. The number of aromatic nitrogens is 2. The zero-order chi connectivity index (χ0) is 12.6. The molecule has 4 nitrogen and oxygen atoms in total. The quantitative estimate of drug-likeness (QED) is 0.928. The first-order chi connectivity index (χ1) is 7.99. The second kappa shape index (κ2) is 4.50. The van der Waals surface area contributed by atoms with Crippen LogP contribution in [0.25, 0.3) is 11.3 Å². The van der Waals surface area contributed by atoms with E-state index in [-0.39, 0.29) is 11.6 Å². The van der Waals surface area contributed by atoms with Crippen LogP contribution in [0.5, 0.6) is 0 Å². The molecule has 0 aromatic carbocycles. The summed E-state index contributed by atoms with van der Waals surface area (Å²) in [6.45, 7) is 3.89. The van der Waals surface area contributed by atoms with Crippen molar-refractivity contribution in [1.82, 2.24) is 9.78 Å². The second-order valence-corrected chi connectivity index (χ2v) is 5.45. The van der Waals surface area contributed by atoms with Crippen LogP contribution in [0.4, 0.5) is 0 Å². The lowest BCUT2D eigenvalue weighted by Crippen LogP contribution is -2.00. The topological polar surface area (TPSA) is 55.1 Å². The fourth-order valence-electron chi connectivity index (χ4n) is 1.46. The lowest BCUT2D eigenvalue weighted by molar-refractivity contribution is 0.0697. The van der Waals surface area contributed by atoms with Gasteiger partial charge in [-0.2, -0.15) is 5.10 Å². The number of carbonyl (C=O) groups is 1.